The molecule has 2 atom stereocenters. The summed E-state index contributed by atoms with van der Waals surface area (Å²) in [6, 6.07) is 9.64. The summed E-state index contributed by atoms with van der Waals surface area (Å²) < 4.78 is 17.1. The average molecular weight is 453 g/mol. The number of hydrogen-bond donors (Lipinski definition) is 2. The van der Waals surface area contributed by atoms with Crippen molar-refractivity contribution < 1.29 is 19.1 Å². The molecule has 2 aromatic heterocycles. The molecule has 8 heteroatoms. The molecule has 1 aliphatic carbocycles. The fraction of sp³-hybridized carbons (Fsp3) is 0.480. The molecule has 0 saturated heterocycles. The first-order valence-electron chi connectivity index (χ1n) is 11.6. The molecule has 0 aliphatic heterocycles. The van der Waals surface area contributed by atoms with E-state index in [1.165, 1.54) is 25.7 Å². The van der Waals surface area contributed by atoms with Gasteiger partial charge in [-0.2, -0.15) is 4.98 Å². The molecule has 1 fully saturated rings. The highest BCUT2D eigenvalue weighted by molar-refractivity contribution is 5.59. The molecule has 1 aromatic carbocycles. The smallest absolute Gasteiger partial charge is 0.263 e. The van der Waals surface area contributed by atoms with Gasteiger partial charge in [-0.15, -0.1) is 0 Å². The maximum Gasteiger partial charge on any atom is 0.263 e. The van der Waals surface area contributed by atoms with Crippen molar-refractivity contribution >= 4 is 0 Å². The number of ether oxygens (including phenoxy) is 2. The minimum atomic E-state index is -0.758. The van der Waals surface area contributed by atoms with Crippen molar-refractivity contribution in [3.05, 3.63) is 53.5 Å². The lowest BCUT2D eigenvalue weighted by Gasteiger charge is -2.18. The second kappa shape index (κ2) is 10.8. The van der Waals surface area contributed by atoms with E-state index in [2.05, 4.69) is 15.1 Å². The summed E-state index contributed by atoms with van der Waals surface area (Å²) in [7, 11) is 0. The zero-order valence-corrected chi connectivity index (χ0v) is 19.2. The first kappa shape index (κ1) is 23.2. The van der Waals surface area contributed by atoms with Crippen LogP contribution in [0.3, 0.4) is 0 Å². The number of aromatic nitrogens is 3. The van der Waals surface area contributed by atoms with E-state index in [1.807, 2.05) is 37.3 Å². The predicted octanol–water partition coefficient (Wildman–Crippen LogP) is 3.84. The topological polar surface area (TPSA) is 117 Å². The molecular formula is C25H32N4O4. The zero-order valence-electron chi connectivity index (χ0n) is 19.2. The van der Waals surface area contributed by atoms with Crippen molar-refractivity contribution in [3.63, 3.8) is 0 Å². The van der Waals surface area contributed by atoms with Crippen LogP contribution in [0.5, 0.6) is 11.6 Å². The normalized spacial score (nSPS) is 16.0. The maximum absolute atomic E-state index is 9.53. The standard InChI is InChI=1S/C25H32N4O4/c1-16-14-18(9-11-21(16)32-23(26)17(2)30)10-12-22-28-25(33-29-22)20-8-5-13-27-24(20)31-15-19-6-3-4-7-19/h5,8-9,11,13-14,17,19,23,30H,3-4,6-7,10,12,15,26H2,1-2H3/t17?,23-/m0/s1. The largest absolute Gasteiger partial charge is 0.477 e. The van der Waals surface area contributed by atoms with Gasteiger partial charge in [-0.3, -0.25) is 5.73 Å². The summed E-state index contributed by atoms with van der Waals surface area (Å²) in [5, 5.41) is 13.7. The van der Waals surface area contributed by atoms with Crippen molar-refractivity contribution in [2.75, 3.05) is 6.61 Å². The van der Waals surface area contributed by atoms with Gasteiger partial charge < -0.3 is 19.1 Å². The third kappa shape index (κ3) is 6.09. The second-order valence-corrected chi connectivity index (χ2v) is 8.76. The van der Waals surface area contributed by atoms with Gasteiger partial charge in [0, 0.05) is 12.6 Å². The number of pyridine rings is 1. The number of aliphatic hydroxyl groups is 1. The lowest BCUT2D eigenvalue weighted by molar-refractivity contribution is 0.0524. The molecular weight excluding hydrogens is 420 g/mol. The summed E-state index contributed by atoms with van der Waals surface area (Å²) in [5.41, 5.74) is 8.59. The van der Waals surface area contributed by atoms with E-state index >= 15 is 0 Å². The number of benzene rings is 1. The summed E-state index contributed by atoms with van der Waals surface area (Å²) in [6.07, 6.45) is 6.59. The third-order valence-corrected chi connectivity index (χ3v) is 6.02. The van der Waals surface area contributed by atoms with Gasteiger partial charge in [0.25, 0.3) is 5.89 Å². The van der Waals surface area contributed by atoms with Crippen LogP contribution >= 0.6 is 0 Å². The van der Waals surface area contributed by atoms with Crippen LogP contribution in [0.2, 0.25) is 0 Å². The highest BCUT2D eigenvalue weighted by atomic mass is 16.5. The Morgan fingerprint density at radius 1 is 1.21 bits per heavy atom. The van der Waals surface area contributed by atoms with Gasteiger partial charge in [0.15, 0.2) is 12.1 Å². The van der Waals surface area contributed by atoms with Crippen LogP contribution in [0, 0.1) is 12.8 Å². The van der Waals surface area contributed by atoms with Gasteiger partial charge in [-0.1, -0.05) is 30.1 Å². The van der Waals surface area contributed by atoms with Crippen molar-refractivity contribution in [1.29, 1.82) is 0 Å². The molecule has 2 heterocycles. The van der Waals surface area contributed by atoms with Crippen LogP contribution in [-0.4, -0.2) is 39.2 Å². The van der Waals surface area contributed by atoms with Crippen molar-refractivity contribution in [2.45, 2.75) is 64.7 Å². The number of aliphatic hydroxyl groups excluding tert-OH is 1. The predicted molar refractivity (Wildman–Crippen MR) is 124 cm³/mol. The molecule has 8 nitrogen and oxygen atoms in total. The van der Waals surface area contributed by atoms with Gasteiger partial charge in [-0.05, 0) is 68.4 Å². The Kier molecular flexibility index (Phi) is 7.57. The van der Waals surface area contributed by atoms with Gasteiger partial charge in [0.1, 0.15) is 17.4 Å². The third-order valence-electron chi connectivity index (χ3n) is 6.02. The number of nitrogens with two attached hydrogens (primary N) is 1. The summed E-state index contributed by atoms with van der Waals surface area (Å²) in [6.45, 7) is 4.23. The average Bonchev–Trinajstić information content (AvgIpc) is 3.50. The SMILES string of the molecule is Cc1cc(CCc2noc(-c3cccnc3OCC3CCCC3)n2)ccc1O[C@H](N)C(C)O. The van der Waals surface area contributed by atoms with E-state index < -0.39 is 12.3 Å². The zero-order chi connectivity index (χ0) is 23.2. The summed E-state index contributed by atoms with van der Waals surface area (Å²) in [5.74, 6) is 2.86. The molecule has 4 rings (SSSR count). The molecule has 0 amide bonds. The van der Waals surface area contributed by atoms with Gasteiger partial charge in [-0.25, -0.2) is 4.98 Å². The number of aryl methyl sites for hydroxylation is 3. The van der Waals surface area contributed by atoms with Gasteiger partial charge in [0.2, 0.25) is 5.88 Å². The van der Waals surface area contributed by atoms with E-state index in [9.17, 15) is 5.11 Å². The Bertz CT molecular complexity index is 1050. The van der Waals surface area contributed by atoms with Crippen molar-refractivity contribution in [3.8, 4) is 23.1 Å². The number of hydrogen-bond acceptors (Lipinski definition) is 8. The van der Waals surface area contributed by atoms with E-state index in [4.69, 9.17) is 19.7 Å². The van der Waals surface area contributed by atoms with Crippen LogP contribution in [0.15, 0.2) is 41.1 Å². The maximum atomic E-state index is 9.53. The van der Waals surface area contributed by atoms with Crippen molar-refractivity contribution in [2.24, 2.45) is 11.7 Å². The molecule has 0 bridgehead atoms. The quantitative estimate of drug-likeness (QED) is 0.446. The van der Waals surface area contributed by atoms with E-state index in [-0.39, 0.29) is 0 Å². The molecule has 3 aromatic rings. The van der Waals surface area contributed by atoms with Gasteiger partial charge in [0.05, 0.1) is 6.61 Å². The lowest BCUT2D eigenvalue weighted by Crippen LogP contribution is -2.38. The van der Waals surface area contributed by atoms with Crippen molar-refractivity contribution in [1.82, 2.24) is 15.1 Å². The van der Waals surface area contributed by atoms with E-state index in [0.29, 0.717) is 42.3 Å². The van der Waals surface area contributed by atoms with Crippen LogP contribution in [-0.2, 0) is 12.8 Å². The Balaban J connectivity index is 1.37. The van der Waals surface area contributed by atoms with Crippen LogP contribution in [0.25, 0.3) is 11.5 Å². The van der Waals surface area contributed by atoms with Crippen LogP contribution in [0.1, 0.15) is 49.6 Å². The fourth-order valence-corrected chi connectivity index (χ4v) is 4.01. The molecule has 0 radical (unpaired) electrons. The molecule has 1 aliphatic rings. The second-order valence-electron chi connectivity index (χ2n) is 8.76. The van der Waals surface area contributed by atoms with Gasteiger partial charge >= 0.3 is 0 Å². The van der Waals surface area contributed by atoms with E-state index in [1.54, 1.807) is 13.1 Å². The van der Waals surface area contributed by atoms with Crippen LogP contribution in [0.4, 0.5) is 0 Å². The molecule has 33 heavy (non-hydrogen) atoms. The minimum absolute atomic E-state index is 0.423. The molecule has 176 valence electrons. The highest BCUT2D eigenvalue weighted by Gasteiger charge is 2.19. The highest BCUT2D eigenvalue weighted by Crippen LogP contribution is 2.30. The van der Waals surface area contributed by atoms with E-state index in [0.717, 1.165) is 23.1 Å². The lowest BCUT2D eigenvalue weighted by atomic mass is 10.1. The molecule has 1 saturated carbocycles. The Morgan fingerprint density at radius 2 is 2.03 bits per heavy atom. The number of nitrogens with zero attached hydrogens (tertiary/aromatic N) is 3. The summed E-state index contributed by atoms with van der Waals surface area (Å²) >= 11 is 0. The minimum Gasteiger partial charge on any atom is -0.477 e. The first-order valence-corrected chi connectivity index (χ1v) is 11.6. The van der Waals surface area contributed by atoms with Crippen LogP contribution < -0.4 is 15.2 Å². The monoisotopic (exact) mass is 452 g/mol. The summed E-state index contributed by atoms with van der Waals surface area (Å²) in [4.78, 5) is 8.95. The molecule has 0 spiro atoms. The molecule has 1 unspecified atom stereocenters. The fourth-order valence-electron chi connectivity index (χ4n) is 4.01. The first-order chi connectivity index (χ1) is 16.0. The molecule has 3 N–H and O–H groups in total. The Labute approximate surface area is 194 Å². The Morgan fingerprint density at radius 3 is 2.79 bits per heavy atom. The Hall–Kier alpha value is -2.97. The number of rotatable bonds is 10.